The van der Waals surface area contributed by atoms with E-state index < -0.39 is 6.04 Å². The summed E-state index contributed by atoms with van der Waals surface area (Å²) in [5.41, 5.74) is 2.63. The van der Waals surface area contributed by atoms with Crippen molar-refractivity contribution in [3.05, 3.63) is 65.2 Å². The minimum absolute atomic E-state index is 0.0642. The molecule has 0 aromatic heterocycles. The maximum atomic E-state index is 12.8. The lowest BCUT2D eigenvalue weighted by Crippen LogP contribution is -2.49. The highest BCUT2D eigenvalue weighted by Crippen LogP contribution is 2.18. The summed E-state index contributed by atoms with van der Waals surface area (Å²) < 4.78 is 5.25. The van der Waals surface area contributed by atoms with Gasteiger partial charge in [0.15, 0.2) is 0 Å². The van der Waals surface area contributed by atoms with Crippen molar-refractivity contribution in [1.29, 1.82) is 0 Å². The molecular weight excluding hydrogens is 366 g/mol. The van der Waals surface area contributed by atoms with Gasteiger partial charge in [0, 0.05) is 13.1 Å². The van der Waals surface area contributed by atoms with E-state index in [1.165, 1.54) is 7.11 Å². The highest BCUT2D eigenvalue weighted by Gasteiger charge is 2.25. The number of hydrogen-bond acceptors (Lipinski definition) is 4. The average molecular weight is 398 g/mol. The fourth-order valence-corrected chi connectivity index (χ4v) is 3.10. The summed E-state index contributed by atoms with van der Waals surface area (Å²) in [6.07, 6.45) is 0. The van der Waals surface area contributed by atoms with Gasteiger partial charge in [0.2, 0.25) is 5.91 Å². The number of para-hydroxylation sites is 1. The van der Waals surface area contributed by atoms with E-state index in [0.29, 0.717) is 17.9 Å². The van der Waals surface area contributed by atoms with E-state index in [-0.39, 0.29) is 17.7 Å². The van der Waals surface area contributed by atoms with Gasteiger partial charge >= 0.3 is 0 Å². The lowest BCUT2D eigenvalue weighted by Gasteiger charge is -2.23. The zero-order chi connectivity index (χ0) is 21.4. The van der Waals surface area contributed by atoms with Crippen LogP contribution < -0.4 is 15.4 Å². The lowest BCUT2D eigenvalue weighted by molar-refractivity contribution is -0.124. The number of carbonyl (C=O) groups is 2. The van der Waals surface area contributed by atoms with Gasteiger partial charge in [-0.2, -0.15) is 0 Å². The van der Waals surface area contributed by atoms with E-state index in [1.54, 1.807) is 24.3 Å². The van der Waals surface area contributed by atoms with Crippen LogP contribution >= 0.6 is 0 Å². The summed E-state index contributed by atoms with van der Waals surface area (Å²) in [5.74, 6) is -0.122. The zero-order valence-electron chi connectivity index (χ0n) is 17.9. The molecule has 2 rings (SSSR count). The number of methoxy groups -OCH3 is 1. The van der Waals surface area contributed by atoms with Crippen molar-refractivity contribution in [3.63, 3.8) is 0 Å². The van der Waals surface area contributed by atoms with Gasteiger partial charge in [-0.05, 0) is 43.3 Å². The van der Waals surface area contributed by atoms with E-state index in [0.717, 1.165) is 17.7 Å². The molecule has 0 bridgehead atoms. The number of amides is 2. The first-order valence-corrected chi connectivity index (χ1v) is 9.76. The van der Waals surface area contributed by atoms with E-state index in [9.17, 15) is 9.59 Å². The topological polar surface area (TPSA) is 70.7 Å². The number of benzene rings is 2. The Bertz CT molecular complexity index is 834. The molecule has 0 spiro atoms. The van der Waals surface area contributed by atoms with Crippen molar-refractivity contribution in [3.8, 4) is 5.75 Å². The molecule has 0 heterocycles. The number of nitrogens with zero attached hydrogens (tertiary/aromatic N) is 1. The first kappa shape index (κ1) is 22.4. The molecule has 0 unspecified atom stereocenters. The maximum Gasteiger partial charge on any atom is 0.255 e. The number of carbonyl (C=O) groups excluding carboxylic acids is 2. The van der Waals surface area contributed by atoms with Crippen LogP contribution in [0.25, 0.3) is 0 Å². The highest BCUT2D eigenvalue weighted by atomic mass is 16.5. The number of ether oxygens (including phenoxy) is 1. The second-order valence-corrected chi connectivity index (χ2v) is 7.62. The lowest BCUT2D eigenvalue weighted by atomic mass is 10.0. The van der Waals surface area contributed by atoms with Crippen molar-refractivity contribution in [2.24, 2.45) is 5.92 Å². The highest BCUT2D eigenvalue weighted by molar-refractivity contribution is 5.99. The van der Waals surface area contributed by atoms with Crippen molar-refractivity contribution in [2.75, 3.05) is 21.2 Å². The van der Waals surface area contributed by atoms with Crippen LogP contribution in [0.15, 0.2) is 48.5 Å². The molecule has 6 nitrogen and oxygen atoms in total. The molecule has 2 aromatic carbocycles. The van der Waals surface area contributed by atoms with E-state index in [4.69, 9.17) is 4.74 Å². The third-order valence-electron chi connectivity index (χ3n) is 4.65. The molecule has 6 heteroatoms. The summed E-state index contributed by atoms with van der Waals surface area (Å²) in [6, 6.07) is 14.4. The quantitative estimate of drug-likeness (QED) is 0.683. The Balaban J connectivity index is 2.08. The van der Waals surface area contributed by atoms with E-state index >= 15 is 0 Å². The first-order chi connectivity index (χ1) is 13.8. The van der Waals surface area contributed by atoms with Crippen LogP contribution in [0.2, 0.25) is 0 Å². The molecule has 0 saturated carbocycles. The predicted molar refractivity (Wildman–Crippen MR) is 115 cm³/mol. The molecule has 0 saturated heterocycles. The van der Waals surface area contributed by atoms with Crippen LogP contribution in [0.5, 0.6) is 5.75 Å². The molecule has 0 radical (unpaired) electrons. The predicted octanol–water partition coefficient (Wildman–Crippen LogP) is 2.83. The third kappa shape index (κ3) is 6.32. The van der Waals surface area contributed by atoms with Crippen LogP contribution in [0.3, 0.4) is 0 Å². The fourth-order valence-electron chi connectivity index (χ4n) is 3.10. The Labute approximate surface area is 173 Å². The molecule has 0 aliphatic heterocycles. The first-order valence-electron chi connectivity index (χ1n) is 9.76. The van der Waals surface area contributed by atoms with E-state index in [2.05, 4.69) is 21.6 Å². The zero-order valence-corrected chi connectivity index (χ0v) is 17.9. The van der Waals surface area contributed by atoms with Crippen LogP contribution in [0, 0.1) is 5.92 Å². The van der Waals surface area contributed by atoms with Crippen LogP contribution in [-0.2, 0) is 17.9 Å². The average Bonchev–Trinajstić information content (AvgIpc) is 2.70. The van der Waals surface area contributed by atoms with Crippen molar-refractivity contribution < 1.29 is 14.3 Å². The molecule has 2 aromatic rings. The number of hydrogen-bond donors (Lipinski definition) is 2. The van der Waals surface area contributed by atoms with Gasteiger partial charge in [0.1, 0.15) is 11.8 Å². The summed E-state index contributed by atoms with van der Waals surface area (Å²) in [4.78, 5) is 27.7. The molecule has 0 aliphatic carbocycles. The monoisotopic (exact) mass is 397 g/mol. The molecule has 29 heavy (non-hydrogen) atoms. The fraction of sp³-hybridized carbons (Fsp3) is 0.391. The maximum absolute atomic E-state index is 12.8. The third-order valence-corrected chi connectivity index (χ3v) is 4.65. The molecule has 156 valence electrons. The number of rotatable bonds is 9. The molecule has 2 N–H and O–H groups in total. The summed E-state index contributed by atoms with van der Waals surface area (Å²) in [6.45, 7) is 5.03. The molecule has 2 amide bonds. The minimum Gasteiger partial charge on any atom is -0.496 e. The SMILES string of the molecule is COc1ccccc1C(=O)N[C@H](C(=O)NCc1ccccc1CN(C)C)C(C)C. The van der Waals surface area contributed by atoms with Gasteiger partial charge < -0.3 is 20.3 Å². The van der Waals surface area contributed by atoms with Crippen LogP contribution in [0.4, 0.5) is 0 Å². The van der Waals surface area contributed by atoms with Gasteiger partial charge in [-0.1, -0.05) is 50.2 Å². The second-order valence-electron chi connectivity index (χ2n) is 7.62. The Morgan fingerprint density at radius 2 is 1.62 bits per heavy atom. The summed E-state index contributed by atoms with van der Waals surface area (Å²) in [5, 5.41) is 5.83. The van der Waals surface area contributed by atoms with Crippen molar-refractivity contribution in [1.82, 2.24) is 15.5 Å². The van der Waals surface area contributed by atoms with E-state index in [1.807, 2.05) is 46.1 Å². The van der Waals surface area contributed by atoms with Gasteiger partial charge in [0.25, 0.3) is 5.91 Å². The molecular formula is C23H31N3O3. The summed E-state index contributed by atoms with van der Waals surface area (Å²) in [7, 11) is 5.54. The van der Waals surface area contributed by atoms with Gasteiger partial charge in [-0.15, -0.1) is 0 Å². The molecule has 0 fully saturated rings. The number of nitrogens with one attached hydrogen (secondary N) is 2. The molecule has 1 atom stereocenters. The Morgan fingerprint density at radius 3 is 2.24 bits per heavy atom. The van der Waals surface area contributed by atoms with Gasteiger partial charge in [-0.3, -0.25) is 9.59 Å². The Kier molecular flexibility index (Phi) is 8.21. The second kappa shape index (κ2) is 10.6. The standard InChI is InChI=1S/C23H31N3O3/c1-16(2)21(25-22(27)19-12-8-9-13-20(19)29-5)23(28)24-14-17-10-6-7-11-18(17)15-26(3)4/h6-13,16,21H,14-15H2,1-5H3,(H,24,28)(H,25,27)/t21-/m0/s1. The van der Waals surface area contributed by atoms with Crippen molar-refractivity contribution in [2.45, 2.75) is 33.0 Å². The Hall–Kier alpha value is -2.86. The summed E-state index contributed by atoms with van der Waals surface area (Å²) >= 11 is 0. The largest absolute Gasteiger partial charge is 0.496 e. The molecule has 0 aliphatic rings. The minimum atomic E-state index is -0.645. The normalized spacial score (nSPS) is 12.0. The van der Waals surface area contributed by atoms with Crippen molar-refractivity contribution >= 4 is 11.8 Å². The van der Waals surface area contributed by atoms with Crippen LogP contribution in [-0.4, -0.2) is 44.0 Å². The van der Waals surface area contributed by atoms with Gasteiger partial charge in [0.05, 0.1) is 12.7 Å². The Morgan fingerprint density at radius 1 is 1.00 bits per heavy atom. The smallest absolute Gasteiger partial charge is 0.255 e. The van der Waals surface area contributed by atoms with Crippen LogP contribution in [0.1, 0.15) is 35.3 Å². The van der Waals surface area contributed by atoms with Gasteiger partial charge in [-0.25, -0.2) is 0 Å².